The fraction of sp³-hybridized carbons (Fsp3) is 0.632. The van der Waals surface area contributed by atoms with Crippen LogP contribution in [-0.4, -0.2) is 23.9 Å². The van der Waals surface area contributed by atoms with Gasteiger partial charge in [-0.1, -0.05) is 56.0 Å². The average molecular weight is 339 g/mol. The highest BCUT2D eigenvalue weighted by Gasteiger charge is 2.25. The van der Waals surface area contributed by atoms with E-state index in [9.17, 15) is 4.79 Å². The molecule has 0 aliphatic carbocycles. The number of carbonyl (C=O) groups is 1. The molecular weight excluding hydrogens is 308 g/mol. The van der Waals surface area contributed by atoms with Crippen LogP contribution in [0.4, 0.5) is 0 Å². The molecule has 1 aliphatic rings. The van der Waals surface area contributed by atoms with Crippen molar-refractivity contribution in [3.8, 4) is 0 Å². The normalized spacial score (nSPS) is 18.1. The number of hydrogen-bond acceptors (Lipinski definition) is 2. The topological polar surface area (TPSA) is 46.3 Å². The molecule has 0 saturated carbocycles. The van der Waals surface area contributed by atoms with E-state index in [1.807, 2.05) is 6.07 Å². The van der Waals surface area contributed by atoms with Crippen LogP contribution >= 0.6 is 12.4 Å². The van der Waals surface area contributed by atoms with Gasteiger partial charge in [0.2, 0.25) is 5.91 Å². The summed E-state index contributed by atoms with van der Waals surface area (Å²) in [6.45, 7) is 1.68. The van der Waals surface area contributed by atoms with E-state index >= 15 is 0 Å². The number of amides is 1. The third-order valence-electron chi connectivity index (χ3n) is 4.60. The van der Waals surface area contributed by atoms with Gasteiger partial charge in [-0.25, -0.2) is 0 Å². The zero-order valence-corrected chi connectivity index (χ0v) is 14.9. The molecule has 130 valence electrons. The Kier molecular flexibility index (Phi) is 9.97. The van der Waals surface area contributed by atoms with E-state index in [1.165, 1.54) is 18.4 Å². The molecule has 0 aromatic heterocycles. The van der Waals surface area contributed by atoms with Crippen LogP contribution in [0.3, 0.4) is 0 Å². The molecule has 1 fully saturated rings. The number of nitrogens with two attached hydrogens (primary N) is 1. The maximum atomic E-state index is 12.7. The van der Waals surface area contributed by atoms with Gasteiger partial charge in [-0.15, -0.1) is 12.4 Å². The molecule has 2 rings (SSSR count). The van der Waals surface area contributed by atoms with Crippen molar-refractivity contribution in [2.75, 3.05) is 13.1 Å². The molecule has 1 unspecified atom stereocenters. The first-order valence-corrected chi connectivity index (χ1v) is 8.87. The Balaban J connectivity index is 0.00000264. The lowest BCUT2D eigenvalue weighted by Crippen LogP contribution is -2.34. The Labute approximate surface area is 147 Å². The molecule has 2 N–H and O–H groups in total. The number of halogens is 1. The summed E-state index contributed by atoms with van der Waals surface area (Å²) in [6.07, 6.45) is 9.72. The minimum absolute atomic E-state index is 0. The number of carbonyl (C=O) groups excluding carboxylic acids is 1. The number of likely N-dealkylation sites (tertiary alicyclic amines) is 1. The summed E-state index contributed by atoms with van der Waals surface area (Å²) < 4.78 is 0. The summed E-state index contributed by atoms with van der Waals surface area (Å²) >= 11 is 0. The van der Waals surface area contributed by atoms with Crippen LogP contribution in [0.25, 0.3) is 0 Å². The second kappa shape index (κ2) is 11.5. The van der Waals surface area contributed by atoms with Gasteiger partial charge in [-0.3, -0.25) is 4.79 Å². The number of hydrogen-bond donors (Lipinski definition) is 1. The quantitative estimate of drug-likeness (QED) is 0.746. The third-order valence-corrected chi connectivity index (χ3v) is 4.60. The Morgan fingerprint density at radius 1 is 1.04 bits per heavy atom. The van der Waals surface area contributed by atoms with E-state index in [0.717, 1.165) is 51.6 Å². The van der Waals surface area contributed by atoms with Crippen molar-refractivity contribution in [2.24, 2.45) is 5.73 Å². The van der Waals surface area contributed by atoms with E-state index in [1.54, 1.807) is 0 Å². The first kappa shape index (κ1) is 20.0. The molecule has 0 spiro atoms. The van der Waals surface area contributed by atoms with Gasteiger partial charge in [-0.2, -0.15) is 0 Å². The molecule has 1 atom stereocenters. The summed E-state index contributed by atoms with van der Waals surface area (Å²) in [5.74, 6) is 0.337. The Bertz CT molecular complexity index is 438. The van der Waals surface area contributed by atoms with Crippen LogP contribution in [0, 0.1) is 0 Å². The van der Waals surface area contributed by atoms with E-state index in [0.29, 0.717) is 12.3 Å². The van der Waals surface area contributed by atoms with E-state index in [-0.39, 0.29) is 18.4 Å². The minimum atomic E-state index is 0. The fourth-order valence-electron chi connectivity index (χ4n) is 3.35. The van der Waals surface area contributed by atoms with Gasteiger partial charge < -0.3 is 10.6 Å². The van der Waals surface area contributed by atoms with Crippen molar-refractivity contribution >= 4 is 18.3 Å². The van der Waals surface area contributed by atoms with Gasteiger partial charge >= 0.3 is 0 Å². The van der Waals surface area contributed by atoms with Gasteiger partial charge in [0.05, 0.1) is 6.04 Å². The maximum Gasteiger partial charge on any atom is 0.223 e. The largest absolute Gasteiger partial charge is 0.336 e. The number of nitrogens with zero attached hydrogens (tertiary/aromatic N) is 1. The van der Waals surface area contributed by atoms with Gasteiger partial charge in [0.15, 0.2) is 0 Å². The highest BCUT2D eigenvalue weighted by molar-refractivity contribution is 5.85. The zero-order chi connectivity index (χ0) is 15.6. The lowest BCUT2D eigenvalue weighted by atomic mass is 10.0. The standard InChI is InChI=1S/C19H30N2O.ClH/c20-15-9-2-1-8-14-19(22)21-16-10-4-7-13-18(21)17-11-5-3-6-12-17;/h3,5-6,11-12,18H,1-2,4,7-10,13-16,20H2;1H. The Morgan fingerprint density at radius 3 is 2.52 bits per heavy atom. The predicted molar refractivity (Wildman–Crippen MR) is 98.8 cm³/mol. The van der Waals surface area contributed by atoms with Crippen LogP contribution < -0.4 is 5.73 Å². The van der Waals surface area contributed by atoms with Crippen molar-refractivity contribution in [3.63, 3.8) is 0 Å². The lowest BCUT2D eigenvalue weighted by Gasteiger charge is -2.30. The SMILES string of the molecule is Cl.NCCCCCCC(=O)N1CCCCCC1c1ccccc1. The van der Waals surface area contributed by atoms with Crippen molar-refractivity contribution < 1.29 is 4.79 Å². The van der Waals surface area contributed by atoms with Crippen LogP contribution in [0.2, 0.25) is 0 Å². The van der Waals surface area contributed by atoms with E-state index in [2.05, 4.69) is 29.2 Å². The number of unbranched alkanes of at least 4 members (excludes halogenated alkanes) is 3. The maximum absolute atomic E-state index is 12.7. The molecular formula is C19H31ClN2O. The second-order valence-corrected chi connectivity index (χ2v) is 6.32. The van der Waals surface area contributed by atoms with E-state index < -0.39 is 0 Å². The predicted octanol–water partition coefficient (Wildman–Crippen LogP) is 4.46. The van der Waals surface area contributed by atoms with E-state index in [4.69, 9.17) is 5.73 Å². The molecule has 1 aliphatic heterocycles. The molecule has 1 aromatic rings. The monoisotopic (exact) mass is 338 g/mol. The molecule has 0 bridgehead atoms. The summed E-state index contributed by atoms with van der Waals surface area (Å²) in [5.41, 5.74) is 6.80. The van der Waals surface area contributed by atoms with Crippen molar-refractivity contribution in [3.05, 3.63) is 35.9 Å². The summed E-state index contributed by atoms with van der Waals surface area (Å²) in [6, 6.07) is 10.8. The molecule has 0 radical (unpaired) electrons. The first-order chi connectivity index (χ1) is 10.8. The fourth-order valence-corrected chi connectivity index (χ4v) is 3.35. The van der Waals surface area contributed by atoms with Crippen LogP contribution in [0.5, 0.6) is 0 Å². The third kappa shape index (κ3) is 6.52. The van der Waals surface area contributed by atoms with Gasteiger partial charge in [0.25, 0.3) is 0 Å². The second-order valence-electron chi connectivity index (χ2n) is 6.32. The smallest absolute Gasteiger partial charge is 0.223 e. The van der Waals surface area contributed by atoms with Gasteiger partial charge in [-0.05, 0) is 37.8 Å². The highest BCUT2D eigenvalue weighted by atomic mass is 35.5. The highest BCUT2D eigenvalue weighted by Crippen LogP contribution is 2.30. The number of rotatable bonds is 7. The van der Waals surface area contributed by atoms with Crippen LogP contribution in [-0.2, 0) is 4.79 Å². The van der Waals surface area contributed by atoms with Crippen molar-refractivity contribution in [1.82, 2.24) is 4.90 Å². The van der Waals surface area contributed by atoms with Gasteiger partial charge in [0, 0.05) is 13.0 Å². The first-order valence-electron chi connectivity index (χ1n) is 8.87. The summed E-state index contributed by atoms with van der Waals surface area (Å²) in [7, 11) is 0. The summed E-state index contributed by atoms with van der Waals surface area (Å²) in [5, 5.41) is 0. The Morgan fingerprint density at radius 2 is 1.78 bits per heavy atom. The minimum Gasteiger partial charge on any atom is -0.336 e. The summed E-state index contributed by atoms with van der Waals surface area (Å²) in [4.78, 5) is 14.8. The number of benzene rings is 1. The van der Waals surface area contributed by atoms with Gasteiger partial charge in [0.1, 0.15) is 0 Å². The molecule has 3 nitrogen and oxygen atoms in total. The molecule has 4 heteroatoms. The molecule has 1 saturated heterocycles. The van der Waals surface area contributed by atoms with Crippen LogP contribution in [0.15, 0.2) is 30.3 Å². The van der Waals surface area contributed by atoms with Crippen LogP contribution in [0.1, 0.15) is 69.4 Å². The average Bonchev–Trinajstić information content (AvgIpc) is 2.81. The zero-order valence-electron chi connectivity index (χ0n) is 14.1. The molecule has 23 heavy (non-hydrogen) atoms. The molecule has 1 amide bonds. The molecule has 1 aromatic carbocycles. The van der Waals surface area contributed by atoms with Crippen molar-refractivity contribution in [2.45, 2.75) is 63.8 Å². The molecule has 1 heterocycles. The Hall–Kier alpha value is -1.06. The van der Waals surface area contributed by atoms with Crippen molar-refractivity contribution in [1.29, 1.82) is 0 Å². The lowest BCUT2D eigenvalue weighted by molar-refractivity contribution is -0.133.